The van der Waals surface area contributed by atoms with Crippen LogP contribution in [-0.4, -0.2) is 51.8 Å². The van der Waals surface area contributed by atoms with Gasteiger partial charge in [0.15, 0.2) is 5.84 Å². The molecular weight excluding hydrogens is 719 g/mol. The predicted octanol–water partition coefficient (Wildman–Crippen LogP) is 12.1. The quantitative estimate of drug-likeness (QED) is 0.273. The molecule has 308 valence electrons. The number of rotatable bonds is 6. The Kier molecular flexibility index (Phi) is 9.98. The Hall–Kier alpha value is -3.96. The van der Waals surface area contributed by atoms with Crippen LogP contribution in [0, 0.1) is 29.1 Å². The largest absolute Gasteiger partial charge is 0.348 e. The molecule has 0 radical (unpaired) electrons. The topological polar surface area (TPSA) is 43.2 Å². The van der Waals surface area contributed by atoms with E-state index >= 15 is 0 Å². The normalized spacial score (nSPS) is 39.0. The van der Waals surface area contributed by atoms with Gasteiger partial charge in [-0.2, -0.15) is 0 Å². The molecule has 1 N–H and O–H groups in total. The number of nitrogens with one attached hydrogen (secondary N) is 1. The molecule has 0 amide bonds. The van der Waals surface area contributed by atoms with E-state index in [1.165, 1.54) is 93.2 Å². The molecule has 3 heterocycles. The van der Waals surface area contributed by atoms with Crippen LogP contribution in [0.2, 0.25) is 0 Å². The van der Waals surface area contributed by atoms with Crippen molar-refractivity contribution in [2.45, 2.75) is 160 Å². The first-order chi connectivity index (χ1) is 28.9. The number of likely N-dealkylation sites (tertiary alicyclic amines) is 1. The molecule has 0 aromatic carbocycles. The summed E-state index contributed by atoms with van der Waals surface area (Å²) in [5.74, 6) is 4.58. The van der Waals surface area contributed by atoms with Crippen LogP contribution in [0.3, 0.4) is 0 Å². The van der Waals surface area contributed by atoms with Crippen molar-refractivity contribution < 1.29 is 0 Å². The van der Waals surface area contributed by atoms with Gasteiger partial charge in [-0.25, -0.2) is 9.98 Å². The van der Waals surface area contributed by atoms with Crippen LogP contribution in [0.1, 0.15) is 130 Å². The smallest absolute Gasteiger partial charge is 0.154 e. The number of nitrogens with zero attached hydrogens (tertiary/aromatic N) is 4. The summed E-state index contributed by atoms with van der Waals surface area (Å²) in [4.78, 5) is 16.5. The van der Waals surface area contributed by atoms with Gasteiger partial charge >= 0.3 is 0 Å². The molecule has 0 aromatic rings. The van der Waals surface area contributed by atoms with Gasteiger partial charge in [0.1, 0.15) is 12.0 Å². The van der Waals surface area contributed by atoms with Crippen LogP contribution in [0.4, 0.5) is 0 Å². The zero-order chi connectivity index (χ0) is 39.7. The molecule has 59 heavy (non-hydrogen) atoms. The molecule has 11 aliphatic rings. The van der Waals surface area contributed by atoms with Gasteiger partial charge in [0.25, 0.3) is 0 Å². The molecule has 0 spiro atoms. The molecule has 1 saturated heterocycles. The molecule has 3 aliphatic heterocycles. The van der Waals surface area contributed by atoms with Crippen LogP contribution in [0.5, 0.6) is 0 Å². The average molecular weight is 786 g/mol. The summed E-state index contributed by atoms with van der Waals surface area (Å²) in [6.45, 7) is 7.28. The SMILES string of the molecule is CC1C=CC(N2C3=C(CCC=C3)C3=CC(C4=CC5C(CC4)C4=CC=CCC4N5C4CC=C(C5=NC(C6=CCCCC6)NC(C6(C)C=CCCC6)=N5)CC4)C(C)CC32)=CC1. The van der Waals surface area contributed by atoms with E-state index in [2.05, 4.69) is 121 Å². The summed E-state index contributed by atoms with van der Waals surface area (Å²) in [5.41, 5.74) is 12.4. The van der Waals surface area contributed by atoms with Crippen LogP contribution in [0.25, 0.3) is 0 Å². The van der Waals surface area contributed by atoms with Crippen molar-refractivity contribution in [1.82, 2.24) is 15.1 Å². The molecule has 5 nitrogen and oxygen atoms in total. The van der Waals surface area contributed by atoms with E-state index in [1.807, 2.05) is 0 Å². The van der Waals surface area contributed by atoms with Crippen molar-refractivity contribution in [1.29, 1.82) is 0 Å². The van der Waals surface area contributed by atoms with E-state index in [0.29, 0.717) is 47.8 Å². The number of amidine groups is 2. The first-order valence-electron chi connectivity index (χ1n) is 24.1. The highest BCUT2D eigenvalue weighted by molar-refractivity contribution is 6.09. The fourth-order valence-electron chi connectivity index (χ4n) is 13.2. The summed E-state index contributed by atoms with van der Waals surface area (Å²) < 4.78 is 0. The van der Waals surface area contributed by atoms with E-state index in [9.17, 15) is 0 Å². The van der Waals surface area contributed by atoms with Crippen molar-refractivity contribution in [3.8, 4) is 0 Å². The molecule has 11 rings (SSSR count). The Balaban J connectivity index is 0.883. The summed E-state index contributed by atoms with van der Waals surface area (Å²) >= 11 is 0. The lowest BCUT2D eigenvalue weighted by Crippen LogP contribution is -2.48. The number of aliphatic imine (C=N–C) groups is 2. The predicted molar refractivity (Wildman–Crippen MR) is 245 cm³/mol. The third-order valence-electron chi connectivity index (χ3n) is 16.4. The van der Waals surface area contributed by atoms with Gasteiger partial charge in [0.2, 0.25) is 0 Å². The molecule has 0 aromatic heterocycles. The Morgan fingerprint density at radius 1 is 0.831 bits per heavy atom. The Morgan fingerprint density at radius 2 is 1.78 bits per heavy atom. The Morgan fingerprint density at radius 3 is 2.59 bits per heavy atom. The molecule has 10 unspecified atom stereocenters. The third-order valence-corrected chi connectivity index (χ3v) is 16.4. The van der Waals surface area contributed by atoms with Gasteiger partial charge in [0, 0.05) is 46.8 Å². The first-order valence-corrected chi connectivity index (χ1v) is 24.1. The average Bonchev–Trinajstić information content (AvgIpc) is 3.78. The maximum atomic E-state index is 5.40. The number of hydrogen-bond acceptors (Lipinski definition) is 5. The molecule has 0 bridgehead atoms. The van der Waals surface area contributed by atoms with Gasteiger partial charge in [0.05, 0.1) is 6.04 Å². The lowest BCUT2D eigenvalue weighted by Gasteiger charge is -2.42. The zero-order valence-electron chi connectivity index (χ0n) is 36.1. The van der Waals surface area contributed by atoms with Crippen LogP contribution in [0.15, 0.2) is 140 Å². The standard InChI is InChI=1S/C54H67N5/c1-35-20-25-40(26-21-35)58-48-19-11-9-17-43(48)46-34-45(36(2)32-49(46)58)39-24-29-44-42-16-8-10-18-47(42)59(50(44)33-39)41-27-22-38(23-28-41)52-55-51(37-14-6-4-7-15-37)56-53(57-52)54(3)30-12-5-13-31-54/h8,10-12,14,16,19-20,22,25-26,30,33-36,41,44-45,47,49-51H,4-7,9,13,15,17-18,21,23-24,27-29,31-32H2,1-3H3,(H,55,56,57). The van der Waals surface area contributed by atoms with E-state index in [-0.39, 0.29) is 11.6 Å². The lowest BCUT2D eigenvalue weighted by atomic mass is 9.70. The zero-order valence-corrected chi connectivity index (χ0v) is 36.1. The monoisotopic (exact) mass is 786 g/mol. The van der Waals surface area contributed by atoms with Gasteiger partial charge < -0.3 is 10.2 Å². The van der Waals surface area contributed by atoms with Crippen LogP contribution >= 0.6 is 0 Å². The second kappa shape index (κ2) is 15.5. The lowest BCUT2D eigenvalue weighted by molar-refractivity contribution is 0.130. The summed E-state index contributed by atoms with van der Waals surface area (Å²) in [6.07, 6.45) is 55.2. The highest BCUT2D eigenvalue weighted by Crippen LogP contribution is 2.53. The minimum atomic E-state index is -0.0445. The summed E-state index contributed by atoms with van der Waals surface area (Å²) in [7, 11) is 0. The molecular formula is C54H67N5. The molecule has 5 heteroatoms. The summed E-state index contributed by atoms with van der Waals surface area (Å²) in [6, 6.07) is 2.04. The second-order valence-corrected chi connectivity index (χ2v) is 20.3. The van der Waals surface area contributed by atoms with Crippen LogP contribution in [-0.2, 0) is 0 Å². The van der Waals surface area contributed by atoms with E-state index in [0.717, 1.165) is 50.2 Å². The molecule has 0 saturated carbocycles. The van der Waals surface area contributed by atoms with Gasteiger partial charge in [-0.3, -0.25) is 4.90 Å². The van der Waals surface area contributed by atoms with E-state index in [4.69, 9.17) is 9.98 Å². The van der Waals surface area contributed by atoms with Crippen LogP contribution < -0.4 is 5.32 Å². The molecule has 1 fully saturated rings. The summed E-state index contributed by atoms with van der Waals surface area (Å²) in [5, 5.41) is 3.87. The Bertz CT molecular complexity index is 2160. The maximum Gasteiger partial charge on any atom is 0.154 e. The second-order valence-electron chi connectivity index (χ2n) is 20.3. The van der Waals surface area contributed by atoms with E-state index in [1.54, 1.807) is 22.3 Å². The van der Waals surface area contributed by atoms with Crippen molar-refractivity contribution >= 4 is 11.7 Å². The highest BCUT2D eigenvalue weighted by Gasteiger charge is 2.50. The van der Waals surface area contributed by atoms with Crippen molar-refractivity contribution in [3.63, 3.8) is 0 Å². The fraction of sp³-hybridized carbons (Fsp3) is 0.556. The van der Waals surface area contributed by atoms with Gasteiger partial charge in [-0.1, -0.05) is 92.3 Å². The first kappa shape index (κ1) is 38.0. The van der Waals surface area contributed by atoms with Crippen molar-refractivity contribution in [3.05, 3.63) is 130 Å². The fourth-order valence-corrected chi connectivity index (χ4v) is 13.2. The molecule has 10 atom stereocenters. The van der Waals surface area contributed by atoms with Gasteiger partial charge in [-0.15, -0.1) is 0 Å². The minimum absolute atomic E-state index is 0.0256. The third kappa shape index (κ3) is 6.77. The maximum absolute atomic E-state index is 5.40. The number of fused-ring (bicyclic) bond motifs is 5. The van der Waals surface area contributed by atoms with Crippen molar-refractivity contribution in [2.75, 3.05) is 0 Å². The van der Waals surface area contributed by atoms with Crippen molar-refractivity contribution in [2.24, 2.45) is 39.1 Å². The molecule has 8 aliphatic carbocycles. The number of hydrogen-bond donors (Lipinski definition) is 1. The highest BCUT2D eigenvalue weighted by atomic mass is 15.3. The number of allylic oxidation sites excluding steroid dienone is 11. The Labute approximate surface area is 354 Å². The van der Waals surface area contributed by atoms with Gasteiger partial charge in [-0.05, 0) is 168 Å². The minimum Gasteiger partial charge on any atom is -0.348 e. The van der Waals surface area contributed by atoms with E-state index < -0.39 is 0 Å².